The van der Waals surface area contributed by atoms with E-state index in [1.165, 1.54) is 25.3 Å². The zero-order chi connectivity index (χ0) is 11.1. The van der Waals surface area contributed by atoms with Gasteiger partial charge in [-0.2, -0.15) is 0 Å². The van der Waals surface area contributed by atoms with E-state index in [1.54, 1.807) is 6.07 Å². The molecule has 1 rings (SSSR count). The predicted octanol–water partition coefficient (Wildman–Crippen LogP) is 3.96. The first-order chi connectivity index (χ1) is 7.24. The normalized spacial score (nSPS) is 10.3. The molecular formula is C12H17F2N. The molecule has 0 atom stereocenters. The third kappa shape index (κ3) is 4.28. The van der Waals surface area contributed by atoms with E-state index in [0.717, 1.165) is 19.0 Å². The fraction of sp³-hybridized carbons (Fsp3) is 0.500. The molecule has 0 aliphatic rings. The van der Waals surface area contributed by atoms with E-state index in [2.05, 4.69) is 12.2 Å². The van der Waals surface area contributed by atoms with Crippen LogP contribution in [0.4, 0.5) is 14.5 Å². The fourth-order valence-electron chi connectivity index (χ4n) is 1.39. The Bertz CT molecular complexity index is 300. The first-order valence-corrected chi connectivity index (χ1v) is 5.43. The fourth-order valence-corrected chi connectivity index (χ4v) is 1.39. The van der Waals surface area contributed by atoms with Crippen LogP contribution in [0.1, 0.15) is 32.6 Å². The molecule has 0 heterocycles. The minimum Gasteiger partial charge on any atom is -0.385 e. The van der Waals surface area contributed by atoms with Crippen LogP contribution in [0.15, 0.2) is 18.2 Å². The van der Waals surface area contributed by atoms with Crippen LogP contribution >= 0.6 is 0 Å². The number of anilines is 1. The molecule has 0 spiro atoms. The number of hydrogen-bond acceptors (Lipinski definition) is 1. The van der Waals surface area contributed by atoms with Gasteiger partial charge in [0.1, 0.15) is 0 Å². The van der Waals surface area contributed by atoms with E-state index in [9.17, 15) is 8.78 Å². The molecule has 1 N–H and O–H groups in total. The molecule has 0 aromatic heterocycles. The highest BCUT2D eigenvalue weighted by molar-refractivity contribution is 5.43. The second-order valence-electron chi connectivity index (χ2n) is 3.62. The lowest BCUT2D eigenvalue weighted by Gasteiger charge is -2.06. The number of benzene rings is 1. The SMILES string of the molecule is CCCCCCNc1ccc(F)c(F)c1. The van der Waals surface area contributed by atoms with Crippen LogP contribution in [0, 0.1) is 11.6 Å². The molecule has 0 aliphatic carbocycles. The number of hydrogen-bond donors (Lipinski definition) is 1. The smallest absolute Gasteiger partial charge is 0.160 e. The van der Waals surface area contributed by atoms with Crippen molar-refractivity contribution in [3.63, 3.8) is 0 Å². The van der Waals surface area contributed by atoms with Crippen molar-refractivity contribution in [2.24, 2.45) is 0 Å². The molecule has 1 aromatic carbocycles. The summed E-state index contributed by atoms with van der Waals surface area (Å²) in [5.74, 6) is -1.60. The second kappa shape index (κ2) is 6.38. The van der Waals surface area contributed by atoms with Crippen molar-refractivity contribution < 1.29 is 8.78 Å². The molecule has 3 heteroatoms. The van der Waals surface area contributed by atoms with E-state index < -0.39 is 11.6 Å². The molecule has 84 valence electrons. The van der Waals surface area contributed by atoms with Crippen molar-refractivity contribution >= 4 is 5.69 Å². The molecule has 0 amide bonds. The minimum atomic E-state index is -0.800. The average Bonchev–Trinajstić information content (AvgIpc) is 2.23. The van der Waals surface area contributed by atoms with Crippen LogP contribution in [0.25, 0.3) is 0 Å². The number of halogens is 2. The summed E-state index contributed by atoms with van der Waals surface area (Å²) < 4.78 is 25.4. The molecule has 0 unspecified atom stereocenters. The van der Waals surface area contributed by atoms with Crippen LogP contribution in [-0.4, -0.2) is 6.54 Å². The van der Waals surface area contributed by atoms with Crippen LogP contribution < -0.4 is 5.32 Å². The van der Waals surface area contributed by atoms with Crippen molar-refractivity contribution in [1.29, 1.82) is 0 Å². The molecule has 0 fully saturated rings. The summed E-state index contributed by atoms with van der Waals surface area (Å²) in [6.45, 7) is 2.97. The summed E-state index contributed by atoms with van der Waals surface area (Å²) in [6.07, 6.45) is 4.66. The molecule has 0 radical (unpaired) electrons. The van der Waals surface area contributed by atoms with Gasteiger partial charge >= 0.3 is 0 Å². The summed E-state index contributed by atoms with van der Waals surface area (Å²) in [5.41, 5.74) is 0.644. The maximum absolute atomic E-state index is 12.8. The van der Waals surface area contributed by atoms with Crippen LogP contribution in [-0.2, 0) is 0 Å². The largest absolute Gasteiger partial charge is 0.385 e. The molecule has 0 saturated heterocycles. The Kier molecular flexibility index (Phi) is 5.08. The molecule has 1 nitrogen and oxygen atoms in total. The second-order valence-corrected chi connectivity index (χ2v) is 3.62. The molecular weight excluding hydrogens is 196 g/mol. The third-order valence-corrected chi connectivity index (χ3v) is 2.28. The van der Waals surface area contributed by atoms with Gasteiger partial charge in [0.05, 0.1) is 0 Å². The van der Waals surface area contributed by atoms with Crippen molar-refractivity contribution in [2.45, 2.75) is 32.6 Å². The number of nitrogens with one attached hydrogen (secondary N) is 1. The van der Waals surface area contributed by atoms with Gasteiger partial charge in [-0.25, -0.2) is 8.78 Å². The van der Waals surface area contributed by atoms with Crippen molar-refractivity contribution in [1.82, 2.24) is 0 Å². The van der Waals surface area contributed by atoms with Gasteiger partial charge < -0.3 is 5.32 Å². The number of rotatable bonds is 6. The maximum atomic E-state index is 12.8. The topological polar surface area (TPSA) is 12.0 Å². The summed E-state index contributed by atoms with van der Waals surface area (Å²) in [7, 11) is 0. The Hall–Kier alpha value is -1.12. The molecule has 0 saturated carbocycles. The van der Waals surface area contributed by atoms with Crippen LogP contribution in [0.5, 0.6) is 0 Å². The monoisotopic (exact) mass is 213 g/mol. The Balaban J connectivity index is 2.28. The Morgan fingerprint density at radius 3 is 2.53 bits per heavy atom. The van der Waals surface area contributed by atoms with Crippen molar-refractivity contribution in [2.75, 3.05) is 11.9 Å². The highest BCUT2D eigenvalue weighted by Gasteiger charge is 2.01. The minimum absolute atomic E-state index is 0.644. The zero-order valence-corrected chi connectivity index (χ0v) is 9.02. The summed E-state index contributed by atoms with van der Waals surface area (Å²) in [4.78, 5) is 0. The van der Waals surface area contributed by atoms with Crippen molar-refractivity contribution in [3.05, 3.63) is 29.8 Å². The van der Waals surface area contributed by atoms with E-state index >= 15 is 0 Å². The predicted molar refractivity (Wildman–Crippen MR) is 59.0 cm³/mol. The average molecular weight is 213 g/mol. The highest BCUT2D eigenvalue weighted by atomic mass is 19.2. The quantitative estimate of drug-likeness (QED) is 0.705. The van der Waals surface area contributed by atoms with Gasteiger partial charge in [0.15, 0.2) is 11.6 Å². The van der Waals surface area contributed by atoms with Gasteiger partial charge in [-0.15, -0.1) is 0 Å². The van der Waals surface area contributed by atoms with Gasteiger partial charge in [-0.3, -0.25) is 0 Å². The Morgan fingerprint density at radius 1 is 1.07 bits per heavy atom. The first kappa shape index (κ1) is 12.0. The van der Waals surface area contributed by atoms with Gasteiger partial charge in [0, 0.05) is 12.2 Å². The summed E-state index contributed by atoms with van der Waals surface area (Å²) in [5, 5.41) is 3.06. The van der Waals surface area contributed by atoms with Gasteiger partial charge in [-0.1, -0.05) is 26.2 Å². The van der Waals surface area contributed by atoms with Gasteiger partial charge in [0.2, 0.25) is 0 Å². The van der Waals surface area contributed by atoms with Crippen LogP contribution in [0.2, 0.25) is 0 Å². The van der Waals surface area contributed by atoms with E-state index in [0.29, 0.717) is 5.69 Å². The standard InChI is InChI=1S/C12H17F2N/c1-2-3-4-5-8-15-10-6-7-11(13)12(14)9-10/h6-7,9,15H,2-5,8H2,1H3. The summed E-state index contributed by atoms with van der Waals surface area (Å²) >= 11 is 0. The zero-order valence-electron chi connectivity index (χ0n) is 9.02. The Morgan fingerprint density at radius 2 is 1.87 bits per heavy atom. The molecule has 0 aliphatic heterocycles. The third-order valence-electron chi connectivity index (χ3n) is 2.28. The van der Waals surface area contributed by atoms with E-state index in [4.69, 9.17) is 0 Å². The maximum Gasteiger partial charge on any atom is 0.160 e. The first-order valence-electron chi connectivity index (χ1n) is 5.43. The lowest BCUT2D eigenvalue weighted by atomic mass is 10.2. The van der Waals surface area contributed by atoms with Crippen LogP contribution in [0.3, 0.4) is 0 Å². The van der Waals surface area contributed by atoms with E-state index in [1.807, 2.05) is 0 Å². The lowest BCUT2D eigenvalue weighted by Crippen LogP contribution is -2.02. The summed E-state index contributed by atoms with van der Waals surface area (Å²) in [6, 6.07) is 3.89. The van der Waals surface area contributed by atoms with Crippen molar-refractivity contribution in [3.8, 4) is 0 Å². The Labute approximate surface area is 89.5 Å². The van der Waals surface area contributed by atoms with Gasteiger partial charge in [-0.05, 0) is 24.6 Å². The molecule has 15 heavy (non-hydrogen) atoms. The molecule has 0 bridgehead atoms. The molecule has 1 aromatic rings. The highest BCUT2D eigenvalue weighted by Crippen LogP contribution is 2.13. The van der Waals surface area contributed by atoms with Gasteiger partial charge in [0.25, 0.3) is 0 Å². The number of unbranched alkanes of at least 4 members (excludes halogenated alkanes) is 3. The lowest BCUT2D eigenvalue weighted by molar-refractivity contribution is 0.509. The van der Waals surface area contributed by atoms with E-state index in [-0.39, 0.29) is 0 Å².